The lowest BCUT2D eigenvalue weighted by molar-refractivity contribution is 0.386. The Morgan fingerprint density at radius 1 is 1.47 bits per heavy atom. The molecule has 1 aromatic heterocycles. The minimum absolute atomic E-state index is 0.111. The van der Waals surface area contributed by atoms with Gasteiger partial charge in [0.25, 0.3) is 0 Å². The third kappa shape index (κ3) is 2.46. The molecule has 0 aliphatic heterocycles. The topological polar surface area (TPSA) is 39.9 Å². The summed E-state index contributed by atoms with van der Waals surface area (Å²) in [6, 6.07) is 4.64. The molecule has 17 heavy (non-hydrogen) atoms. The summed E-state index contributed by atoms with van der Waals surface area (Å²) in [4.78, 5) is 0.111. The van der Waals surface area contributed by atoms with Crippen molar-refractivity contribution in [3.05, 3.63) is 35.9 Å². The van der Waals surface area contributed by atoms with Crippen LogP contribution in [0.5, 0.6) is 5.75 Å². The number of rotatable bonds is 3. The predicted molar refractivity (Wildman–Crippen MR) is 65.2 cm³/mol. The van der Waals surface area contributed by atoms with E-state index in [1.54, 1.807) is 18.3 Å². The third-order valence-electron chi connectivity index (χ3n) is 2.32. The first-order chi connectivity index (χ1) is 8.11. The molecular weight excluding hydrogens is 289 g/mol. The molecule has 0 saturated heterocycles. The Labute approximate surface area is 107 Å². The zero-order valence-electron chi connectivity index (χ0n) is 9.39. The van der Waals surface area contributed by atoms with Crippen LogP contribution in [0.4, 0.5) is 4.39 Å². The first-order valence-electron chi connectivity index (χ1n) is 5.02. The van der Waals surface area contributed by atoms with Crippen molar-refractivity contribution in [1.82, 2.24) is 15.0 Å². The van der Waals surface area contributed by atoms with Crippen molar-refractivity contribution < 1.29 is 9.13 Å². The smallest absolute Gasteiger partial charge is 0.167 e. The molecule has 0 radical (unpaired) electrons. The second kappa shape index (κ2) is 4.83. The summed E-state index contributed by atoms with van der Waals surface area (Å²) < 4.78 is 19.9. The van der Waals surface area contributed by atoms with Crippen LogP contribution in [0.1, 0.15) is 17.4 Å². The van der Waals surface area contributed by atoms with Gasteiger partial charge in [-0.05, 0) is 19.1 Å². The van der Waals surface area contributed by atoms with Crippen molar-refractivity contribution in [3.8, 4) is 11.4 Å². The van der Waals surface area contributed by atoms with Gasteiger partial charge in [0.1, 0.15) is 0 Å². The molecule has 90 valence electrons. The largest absolute Gasteiger partial charge is 0.494 e. The second-order valence-corrected chi connectivity index (χ2v) is 4.90. The number of hydrogen-bond donors (Lipinski definition) is 0. The van der Waals surface area contributed by atoms with Gasteiger partial charge in [-0.15, -0.1) is 5.10 Å². The molecule has 1 unspecified atom stereocenters. The van der Waals surface area contributed by atoms with Crippen molar-refractivity contribution in [3.63, 3.8) is 0 Å². The van der Waals surface area contributed by atoms with Gasteiger partial charge in [-0.3, -0.25) is 0 Å². The first kappa shape index (κ1) is 12.0. The van der Waals surface area contributed by atoms with Crippen molar-refractivity contribution in [2.24, 2.45) is 0 Å². The minimum Gasteiger partial charge on any atom is -0.494 e. The van der Waals surface area contributed by atoms with Crippen LogP contribution < -0.4 is 4.74 Å². The number of methoxy groups -OCH3 is 1. The molecule has 6 heteroatoms. The quantitative estimate of drug-likeness (QED) is 0.818. The second-order valence-electron chi connectivity index (χ2n) is 3.52. The molecule has 0 bridgehead atoms. The SMILES string of the molecule is COc1ccc(-n2cc(C(C)Br)nn2)cc1F. The summed E-state index contributed by atoms with van der Waals surface area (Å²) >= 11 is 3.40. The van der Waals surface area contributed by atoms with E-state index in [9.17, 15) is 4.39 Å². The number of ether oxygens (including phenoxy) is 1. The van der Waals surface area contributed by atoms with Crippen LogP contribution in [0, 0.1) is 5.82 Å². The lowest BCUT2D eigenvalue weighted by atomic mass is 10.3. The van der Waals surface area contributed by atoms with Gasteiger partial charge in [0.2, 0.25) is 0 Å². The van der Waals surface area contributed by atoms with Crippen LogP contribution in [-0.2, 0) is 0 Å². The first-order valence-corrected chi connectivity index (χ1v) is 5.93. The fourth-order valence-electron chi connectivity index (χ4n) is 1.38. The van der Waals surface area contributed by atoms with Gasteiger partial charge < -0.3 is 4.74 Å². The number of nitrogens with zero attached hydrogens (tertiary/aromatic N) is 3. The molecule has 1 aromatic carbocycles. The van der Waals surface area contributed by atoms with E-state index in [0.717, 1.165) is 5.69 Å². The highest BCUT2D eigenvalue weighted by atomic mass is 79.9. The van der Waals surface area contributed by atoms with Crippen molar-refractivity contribution in [2.75, 3.05) is 7.11 Å². The van der Waals surface area contributed by atoms with Crippen LogP contribution in [-0.4, -0.2) is 22.1 Å². The maximum Gasteiger partial charge on any atom is 0.167 e. The standard InChI is InChI=1S/C11H11BrFN3O/c1-7(12)10-6-16(15-14-10)8-3-4-11(17-2)9(13)5-8/h3-7H,1-2H3. The Morgan fingerprint density at radius 3 is 2.76 bits per heavy atom. The van der Waals surface area contributed by atoms with E-state index in [-0.39, 0.29) is 10.6 Å². The van der Waals surface area contributed by atoms with Crippen molar-refractivity contribution in [2.45, 2.75) is 11.8 Å². The van der Waals surface area contributed by atoms with E-state index >= 15 is 0 Å². The normalized spacial score (nSPS) is 12.5. The molecular formula is C11H11BrFN3O. The Hall–Kier alpha value is -1.43. The zero-order valence-corrected chi connectivity index (χ0v) is 11.0. The van der Waals surface area contributed by atoms with E-state index in [1.165, 1.54) is 17.9 Å². The fourth-order valence-corrected chi connectivity index (χ4v) is 1.59. The summed E-state index contributed by atoms with van der Waals surface area (Å²) in [5.41, 5.74) is 1.40. The van der Waals surface area contributed by atoms with Crippen molar-refractivity contribution >= 4 is 15.9 Å². The lowest BCUT2D eigenvalue weighted by Crippen LogP contribution is -1.97. The Morgan fingerprint density at radius 2 is 2.24 bits per heavy atom. The number of aromatic nitrogens is 3. The maximum atomic E-state index is 13.5. The highest BCUT2D eigenvalue weighted by Gasteiger charge is 2.09. The van der Waals surface area contributed by atoms with Gasteiger partial charge in [-0.2, -0.15) is 0 Å². The summed E-state index contributed by atoms with van der Waals surface area (Å²) in [7, 11) is 1.43. The monoisotopic (exact) mass is 299 g/mol. The molecule has 0 N–H and O–H groups in total. The number of hydrogen-bond acceptors (Lipinski definition) is 3. The molecule has 4 nitrogen and oxygen atoms in total. The average Bonchev–Trinajstić information content (AvgIpc) is 2.78. The van der Waals surface area contributed by atoms with Crippen LogP contribution in [0.25, 0.3) is 5.69 Å². The van der Waals surface area contributed by atoms with Crippen LogP contribution in [0.2, 0.25) is 0 Å². The van der Waals surface area contributed by atoms with E-state index < -0.39 is 5.82 Å². The van der Waals surface area contributed by atoms with Crippen LogP contribution in [0.3, 0.4) is 0 Å². The summed E-state index contributed by atoms with van der Waals surface area (Å²) in [5, 5.41) is 7.91. The third-order valence-corrected chi connectivity index (χ3v) is 2.79. The Kier molecular flexibility index (Phi) is 3.42. The summed E-state index contributed by atoms with van der Waals surface area (Å²) in [6.07, 6.45) is 1.75. The van der Waals surface area contributed by atoms with Gasteiger partial charge in [0, 0.05) is 6.07 Å². The molecule has 0 saturated carbocycles. The molecule has 1 heterocycles. The number of alkyl halides is 1. The number of benzene rings is 1. The minimum atomic E-state index is -0.422. The molecule has 2 aromatic rings. The fraction of sp³-hybridized carbons (Fsp3) is 0.273. The molecule has 0 aliphatic carbocycles. The van der Waals surface area contributed by atoms with E-state index in [1.807, 2.05) is 6.92 Å². The highest BCUT2D eigenvalue weighted by Crippen LogP contribution is 2.22. The molecule has 2 rings (SSSR count). The Bertz CT molecular complexity index is 527. The molecule has 0 spiro atoms. The zero-order chi connectivity index (χ0) is 12.4. The van der Waals surface area contributed by atoms with E-state index in [2.05, 4.69) is 26.2 Å². The van der Waals surface area contributed by atoms with Gasteiger partial charge >= 0.3 is 0 Å². The van der Waals surface area contributed by atoms with Crippen molar-refractivity contribution in [1.29, 1.82) is 0 Å². The summed E-state index contributed by atoms with van der Waals surface area (Å²) in [6.45, 7) is 1.95. The predicted octanol–water partition coefficient (Wildman–Crippen LogP) is 2.87. The Balaban J connectivity index is 2.36. The van der Waals surface area contributed by atoms with E-state index in [4.69, 9.17) is 4.74 Å². The van der Waals surface area contributed by atoms with Gasteiger partial charge in [0.05, 0.1) is 29.5 Å². The van der Waals surface area contributed by atoms with Gasteiger partial charge in [-0.1, -0.05) is 21.1 Å². The van der Waals surface area contributed by atoms with Gasteiger partial charge in [0.15, 0.2) is 11.6 Å². The molecule has 0 amide bonds. The van der Waals surface area contributed by atoms with Crippen LogP contribution >= 0.6 is 15.9 Å². The van der Waals surface area contributed by atoms with E-state index in [0.29, 0.717) is 5.69 Å². The maximum absolute atomic E-state index is 13.5. The van der Waals surface area contributed by atoms with Crippen LogP contribution in [0.15, 0.2) is 24.4 Å². The average molecular weight is 300 g/mol. The lowest BCUT2D eigenvalue weighted by Gasteiger charge is -2.04. The van der Waals surface area contributed by atoms with Gasteiger partial charge in [-0.25, -0.2) is 9.07 Å². The highest BCUT2D eigenvalue weighted by molar-refractivity contribution is 9.09. The molecule has 0 fully saturated rings. The number of halogens is 2. The summed E-state index contributed by atoms with van der Waals surface area (Å²) in [5.74, 6) is -0.211. The molecule has 1 atom stereocenters. The molecule has 0 aliphatic rings.